The van der Waals surface area contributed by atoms with Gasteiger partial charge in [0.25, 0.3) is 5.91 Å². The van der Waals surface area contributed by atoms with Crippen LogP contribution >= 0.6 is 0 Å². The lowest BCUT2D eigenvalue weighted by atomic mass is 10.1. The van der Waals surface area contributed by atoms with Gasteiger partial charge in [0.15, 0.2) is 0 Å². The molecule has 0 fully saturated rings. The first-order valence-corrected chi connectivity index (χ1v) is 6.54. The molecule has 0 aliphatic carbocycles. The summed E-state index contributed by atoms with van der Waals surface area (Å²) in [5.74, 6) is 0.952. The van der Waals surface area contributed by atoms with Gasteiger partial charge in [-0.05, 0) is 25.1 Å². The minimum absolute atomic E-state index is 0.00158. The van der Waals surface area contributed by atoms with Gasteiger partial charge in [-0.1, -0.05) is 6.07 Å². The van der Waals surface area contributed by atoms with E-state index in [1.54, 1.807) is 25.2 Å². The Balaban J connectivity index is 2.16. The van der Waals surface area contributed by atoms with Gasteiger partial charge in [-0.3, -0.25) is 4.79 Å². The average Bonchev–Trinajstić information content (AvgIpc) is 2.84. The summed E-state index contributed by atoms with van der Waals surface area (Å²) in [4.78, 5) is 17.8. The van der Waals surface area contributed by atoms with E-state index in [1.807, 2.05) is 49.0 Å². The number of rotatable bonds is 4. The molecule has 1 atom stereocenters. The van der Waals surface area contributed by atoms with Gasteiger partial charge >= 0.3 is 0 Å². The largest absolute Gasteiger partial charge is 0.375 e. The number of hydrogen-bond donors (Lipinski definition) is 1. The minimum atomic E-state index is -0.00158. The molecule has 1 unspecified atom stereocenters. The van der Waals surface area contributed by atoms with E-state index in [9.17, 15) is 4.79 Å². The van der Waals surface area contributed by atoms with Crippen LogP contribution in [0.3, 0.4) is 0 Å². The molecular formula is C15H20N4O. The van der Waals surface area contributed by atoms with Crippen molar-refractivity contribution in [1.82, 2.24) is 14.5 Å². The number of amides is 1. The number of anilines is 1. The molecule has 5 heteroatoms. The topological polar surface area (TPSA) is 50.2 Å². The molecule has 0 saturated carbocycles. The maximum atomic E-state index is 11.9. The fourth-order valence-corrected chi connectivity index (χ4v) is 2.11. The minimum Gasteiger partial charge on any atom is -0.375 e. The molecule has 1 heterocycles. The molecule has 0 aliphatic rings. The second kappa shape index (κ2) is 5.77. The summed E-state index contributed by atoms with van der Waals surface area (Å²) in [5, 5.41) is 3.37. The SMILES string of the molecule is CC(Nc1cccc(C(=O)N(C)C)c1)c1nccn1C. The Kier molecular flexibility index (Phi) is 4.08. The van der Waals surface area contributed by atoms with E-state index in [1.165, 1.54) is 0 Å². The Morgan fingerprint density at radius 2 is 2.15 bits per heavy atom. The molecule has 1 N–H and O–H groups in total. The Labute approximate surface area is 119 Å². The Morgan fingerprint density at radius 1 is 1.40 bits per heavy atom. The van der Waals surface area contributed by atoms with Crippen molar-refractivity contribution in [2.24, 2.45) is 7.05 Å². The van der Waals surface area contributed by atoms with E-state index < -0.39 is 0 Å². The van der Waals surface area contributed by atoms with E-state index in [-0.39, 0.29) is 11.9 Å². The molecule has 0 aliphatic heterocycles. The van der Waals surface area contributed by atoms with Crippen molar-refractivity contribution >= 4 is 11.6 Å². The maximum absolute atomic E-state index is 11.9. The highest BCUT2D eigenvalue weighted by molar-refractivity contribution is 5.94. The van der Waals surface area contributed by atoms with Crippen LogP contribution in [0.1, 0.15) is 29.1 Å². The van der Waals surface area contributed by atoms with Crippen LogP contribution in [0.5, 0.6) is 0 Å². The second-order valence-electron chi connectivity index (χ2n) is 5.04. The predicted molar refractivity (Wildman–Crippen MR) is 79.7 cm³/mol. The molecular weight excluding hydrogens is 252 g/mol. The number of aromatic nitrogens is 2. The summed E-state index contributed by atoms with van der Waals surface area (Å²) >= 11 is 0. The van der Waals surface area contributed by atoms with E-state index in [4.69, 9.17) is 0 Å². The van der Waals surface area contributed by atoms with Crippen LogP contribution in [0.2, 0.25) is 0 Å². The molecule has 2 rings (SSSR count). The first kappa shape index (κ1) is 14.1. The third-order valence-corrected chi connectivity index (χ3v) is 3.14. The number of carbonyl (C=O) groups is 1. The number of nitrogens with one attached hydrogen (secondary N) is 1. The van der Waals surface area contributed by atoms with Gasteiger partial charge in [-0.25, -0.2) is 4.98 Å². The van der Waals surface area contributed by atoms with Crippen molar-refractivity contribution in [3.8, 4) is 0 Å². The number of hydrogen-bond acceptors (Lipinski definition) is 3. The molecule has 5 nitrogen and oxygen atoms in total. The van der Waals surface area contributed by atoms with E-state index in [0.717, 1.165) is 11.5 Å². The highest BCUT2D eigenvalue weighted by Crippen LogP contribution is 2.19. The molecule has 0 radical (unpaired) electrons. The van der Waals surface area contributed by atoms with Gasteiger partial charge in [-0.2, -0.15) is 0 Å². The molecule has 2 aromatic rings. The normalized spacial score (nSPS) is 12.0. The van der Waals surface area contributed by atoms with Gasteiger partial charge in [0, 0.05) is 44.8 Å². The Bertz CT molecular complexity index is 603. The molecule has 1 aromatic carbocycles. The fraction of sp³-hybridized carbons (Fsp3) is 0.333. The third kappa shape index (κ3) is 2.99. The van der Waals surface area contributed by atoms with E-state index in [0.29, 0.717) is 5.56 Å². The van der Waals surface area contributed by atoms with Crippen molar-refractivity contribution in [3.05, 3.63) is 48.0 Å². The third-order valence-electron chi connectivity index (χ3n) is 3.14. The van der Waals surface area contributed by atoms with E-state index in [2.05, 4.69) is 10.3 Å². The van der Waals surface area contributed by atoms with Crippen LogP contribution in [0.25, 0.3) is 0 Å². The average molecular weight is 272 g/mol. The van der Waals surface area contributed by atoms with Crippen LogP contribution < -0.4 is 5.32 Å². The molecule has 0 bridgehead atoms. The van der Waals surface area contributed by atoms with Crippen LogP contribution in [0.15, 0.2) is 36.7 Å². The zero-order chi connectivity index (χ0) is 14.7. The summed E-state index contributed by atoms with van der Waals surface area (Å²) in [7, 11) is 5.46. The lowest BCUT2D eigenvalue weighted by Gasteiger charge is -2.16. The van der Waals surface area contributed by atoms with Gasteiger partial charge < -0.3 is 14.8 Å². The molecule has 1 amide bonds. The van der Waals surface area contributed by atoms with Gasteiger partial charge in [0.1, 0.15) is 5.82 Å². The molecule has 0 saturated heterocycles. The van der Waals surface area contributed by atoms with Crippen molar-refractivity contribution in [3.63, 3.8) is 0 Å². The molecule has 1 aromatic heterocycles. The summed E-state index contributed by atoms with van der Waals surface area (Å²) < 4.78 is 1.98. The first-order chi connectivity index (χ1) is 9.49. The zero-order valence-corrected chi connectivity index (χ0v) is 12.3. The maximum Gasteiger partial charge on any atom is 0.253 e. The van der Waals surface area contributed by atoms with Crippen LogP contribution in [0.4, 0.5) is 5.69 Å². The highest BCUT2D eigenvalue weighted by atomic mass is 16.2. The predicted octanol–water partition coefficient (Wildman–Crippen LogP) is 2.29. The highest BCUT2D eigenvalue weighted by Gasteiger charge is 2.12. The number of aryl methyl sites for hydroxylation is 1. The second-order valence-corrected chi connectivity index (χ2v) is 5.04. The molecule has 106 valence electrons. The van der Waals surface area contributed by atoms with Gasteiger partial charge in [-0.15, -0.1) is 0 Å². The summed E-state index contributed by atoms with van der Waals surface area (Å²) in [6.07, 6.45) is 3.69. The Hall–Kier alpha value is -2.30. The smallest absolute Gasteiger partial charge is 0.253 e. The number of imidazole rings is 1. The summed E-state index contributed by atoms with van der Waals surface area (Å²) in [6.45, 7) is 2.04. The fourth-order valence-electron chi connectivity index (χ4n) is 2.11. The van der Waals surface area contributed by atoms with Crippen LogP contribution in [-0.4, -0.2) is 34.5 Å². The van der Waals surface area contributed by atoms with Crippen molar-refractivity contribution < 1.29 is 4.79 Å². The summed E-state index contributed by atoms with van der Waals surface area (Å²) in [5.41, 5.74) is 1.58. The van der Waals surface area contributed by atoms with Crippen molar-refractivity contribution in [1.29, 1.82) is 0 Å². The number of nitrogens with zero attached hydrogens (tertiary/aromatic N) is 3. The van der Waals surface area contributed by atoms with Crippen LogP contribution in [-0.2, 0) is 7.05 Å². The summed E-state index contributed by atoms with van der Waals surface area (Å²) in [6, 6.07) is 7.58. The van der Waals surface area contributed by atoms with Gasteiger partial charge in [0.05, 0.1) is 6.04 Å². The zero-order valence-electron chi connectivity index (χ0n) is 12.3. The van der Waals surface area contributed by atoms with Crippen molar-refractivity contribution in [2.45, 2.75) is 13.0 Å². The van der Waals surface area contributed by atoms with Crippen molar-refractivity contribution in [2.75, 3.05) is 19.4 Å². The quantitative estimate of drug-likeness (QED) is 0.929. The van der Waals surface area contributed by atoms with E-state index >= 15 is 0 Å². The number of benzene rings is 1. The lowest BCUT2D eigenvalue weighted by molar-refractivity contribution is 0.0827. The van der Waals surface area contributed by atoms with Gasteiger partial charge in [0.2, 0.25) is 0 Å². The standard InChI is InChI=1S/C15H20N4O/c1-11(14-16-8-9-19(14)4)17-13-7-5-6-12(10-13)15(20)18(2)3/h5-11,17H,1-4H3. The number of carbonyl (C=O) groups excluding carboxylic acids is 1. The molecule has 0 spiro atoms. The lowest BCUT2D eigenvalue weighted by Crippen LogP contribution is -2.21. The Morgan fingerprint density at radius 3 is 2.75 bits per heavy atom. The molecule has 20 heavy (non-hydrogen) atoms. The van der Waals surface area contributed by atoms with Crippen LogP contribution in [0, 0.1) is 0 Å². The monoisotopic (exact) mass is 272 g/mol. The first-order valence-electron chi connectivity index (χ1n) is 6.54.